The van der Waals surface area contributed by atoms with Crippen LogP contribution >= 0.6 is 0 Å². The van der Waals surface area contributed by atoms with Gasteiger partial charge < -0.3 is 15.7 Å². The lowest BCUT2D eigenvalue weighted by Gasteiger charge is -2.31. The number of pyridine rings is 1. The van der Waals surface area contributed by atoms with E-state index in [2.05, 4.69) is 21.8 Å². The lowest BCUT2D eigenvalue weighted by atomic mass is 10.1. The van der Waals surface area contributed by atoms with E-state index in [1.165, 1.54) is 0 Å². The zero-order chi connectivity index (χ0) is 27.0. The molecule has 11 heteroatoms. The molecule has 5 rings (SSSR count). The predicted molar refractivity (Wildman–Crippen MR) is 144 cm³/mol. The summed E-state index contributed by atoms with van der Waals surface area (Å²) in [6, 6.07) is 9.47. The van der Waals surface area contributed by atoms with Crippen molar-refractivity contribution in [3.05, 3.63) is 62.6 Å². The molecule has 0 radical (unpaired) electrons. The van der Waals surface area contributed by atoms with E-state index >= 15 is 0 Å². The van der Waals surface area contributed by atoms with E-state index in [0.29, 0.717) is 24.7 Å². The SMILES string of the molecule is CC#CCn1c(N2CCCC(N)C2)nc2c1c(=O)n(Cc1nc(C)cc3ccccc13)c(=O)n2CC(=O)O. The molecule has 0 saturated carbocycles. The number of rotatable bonds is 6. The van der Waals surface area contributed by atoms with Gasteiger partial charge in [0.25, 0.3) is 5.56 Å². The summed E-state index contributed by atoms with van der Waals surface area (Å²) in [5.41, 5.74) is 6.31. The van der Waals surface area contributed by atoms with Crippen LogP contribution in [-0.4, -0.2) is 53.9 Å². The first-order chi connectivity index (χ1) is 18.3. The number of hydrogen-bond acceptors (Lipinski definition) is 7. The zero-order valence-corrected chi connectivity index (χ0v) is 21.3. The van der Waals surface area contributed by atoms with Gasteiger partial charge in [-0.2, -0.15) is 4.98 Å². The fourth-order valence-electron chi connectivity index (χ4n) is 5.12. The first kappa shape index (κ1) is 25.2. The number of aryl methyl sites for hydroxylation is 1. The molecule has 4 heterocycles. The van der Waals surface area contributed by atoms with Gasteiger partial charge in [-0.1, -0.05) is 30.2 Å². The molecule has 1 aromatic carbocycles. The van der Waals surface area contributed by atoms with E-state index in [4.69, 9.17) is 5.73 Å². The number of carbonyl (C=O) groups is 1. The second-order valence-corrected chi connectivity index (χ2v) is 9.53. The van der Waals surface area contributed by atoms with Gasteiger partial charge in [-0.3, -0.25) is 28.3 Å². The molecule has 4 aromatic rings. The number of carboxylic acids is 1. The van der Waals surface area contributed by atoms with Crippen LogP contribution in [0.5, 0.6) is 0 Å². The number of imidazole rings is 1. The third-order valence-electron chi connectivity index (χ3n) is 6.80. The first-order valence-electron chi connectivity index (χ1n) is 12.5. The maximum absolute atomic E-state index is 14.0. The number of aliphatic carboxylic acids is 1. The third-order valence-corrected chi connectivity index (χ3v) is 6.80. The zero-order valence-electron chi connectivity index (χ0n) is 21.3. The summed E-state index contributed by atoms with van der Waals surface area (Å²) in [5.74, 6) is 5.06. The van der Waals surface area contributed by atoms with Gasteiger partial charge in [0.2, 0.25) is 5.95 Å². The molecule has 11 nitrogen and oxygen atoms in total. The second-order valence-electron chi connectivity index (χ2n) is 9.53. The molecule has 1 saturated heterocycles. The van der Waals surface area contributed by atoms with E-state index in [-0.39, 0.29) is 30.3 Å². The van der Waals surface area contributed by atoms with Gasteiger partial charge in [-0.15, -0.1) is 5.92 Å². The average Bonchev–Trinajstić information content (AvgIpc) is 3.27. The van der Waals surface area contributed by atoms with Crippen molar-refractivity contribution in [1.82, 2.24) is 23.7 Å². The van der Waals surface area contributed by atoms with Gasteiger partial charge in [0, 0.05) is 30.2 Å². The van der Waals surface area contributed by atoms with Crippen LogP contribution in [0.25, 0.3) is 21.9 Å². The molecule has 0 aliphatic carbocycles. The smallest absolute Gasteiger partial charge is 0.333 e. The summed E-state index contributed by atoms with van der Waals surface area (Å²) in [6.45, 7) is 4.13. The molecule has 0 spiro atoms. The third kappa shape index (κ3) is 4.54. The summed E-state index contributed by atoms with van der Waals surface area (Å²) in [4.78, 5) is 50.7. The monoisotopic (exact) mass is 515 g/mol. The maximum Gasteiger partial charge on any atom is 0.333 e. The number of piperidine rings is 1. The molecule has 3 N–H and O–H groups in total. The van der Waals surface area contributed by atoms with E-state index < -0.39 is 23.8 Å². The number of carboxylic acid groups (broad SMARTS) is 1. The number of benzene rings is 1. The van der Waals surface area contributed by atoms with E-state index in [1.54, 1.807) is 11.5 Å². The lowest BCUT2D eigenvalue weighted by Crippen LogP contribution is -2.44. The fraction of sp³-hybridized carbons (Fsp3) is 0.370. The Labute approximate surface area is 218 Å². The molecule has 3 aromatic heterocycles. The lowest BCUT2D eigenvalue weighted by molar-refractivity contribution is -0.137. The molecular formula is C27H29N7O4. The molecule has 0 bridgehead atoms. The summed E-state index contributed by atoms with van der Waals surface area (Å²) < 4.78 is 3.76. The van der Waals surface area contributed by atoms with E-state index in [9.17, 15) is 19.5 Å². The van der Waals surface area contributed by atoms with E-state index in [1.807, 2.05) is 42.2 Å². The van der Waals surface area contributed by atoms with Crippen LogP contribution in [-0.2, 0) is 24.4 Å². The molecular weight excluding hydrogens is 486 g/mol. The Morgan fingerprint density at radius 1 is 1.18 bits per heavy atom. The van der Waals surface area contributed by atoms with E-state index in [0.717, 1.165) is 38.4 Å². The van der Waals surface area contributed by atoms with Gasteiger partial charge in [-0.05, 0) is 38.1 Å². The molecule has 38 heavy (non-hydrogen) atoms. The van der Waals surface area contributed by atoms with Crippen molar-refractivity contribution >= 4 is 33.9 Å². The van der Waals surface area contributed by atoms with Gasteiger partial charge in [0.05, 0.1) is 18.8 Å². The summed E-state index contributed by atoms with van der Waals surface area (Å²) >= 11 is 0. The predicted octanol–water partition coefficient (Wildman–Crippen LogP) is 1.30. The Morgan fingerprint density at radius 2 is 1.97 bits per heavy atom. The van der Waals surface area contributed by atoms with Crippen LogP contribution < -0.4 is 21.9 Å². The van der Waals surface area contributed by atoms with Gasteiger partial charge >= 0.3 is 11.7 Å². The van der Waals surface area contributed by atoms with Gasteiger partial charge in [0.1, 0.15) is 6.54 Å². The topological polar surface area (TPSA) is 141 Å². The number of nitrogens with two attached hydrogens (primary N) is 1. The number of anilines is 1. The molecule has 1 fully saturated rings. The fourth-order valence-corrected chi connectivity index (χ4v) is 5.12. The standard InChI is InChI=1S/C27H29N7O4/c1-3-4-12-32-23-24(30-26(32)31-11-7-9-19(28)14-31)33(16-22(35)36)27(38)34(25(23)37)15-21-20-10-6-5-8-18(20)13-17(2)29-21/h5-6,8,10,13,19H,7,9,11-12,14-16,28H2,1-2H3,(H,35,36). The van der Waals surface area contributed by atoms with Crippen LogP contribution in [0.1, 0.15) is 31.2 Å². The Kier molecular flexibility index (Phi) is 6.73. The minimum Gasteiger partial charge on any atom is -0.480 e. The number of aromatic nitrogens is 5. The number of hydrogen-bond donors (Lipinski definition) is 2. The van der Waals surface area contributed by atoms with Crippen LogP contribution in [0.2, 0.25) is 0 Å². The van der Waals surface area contributed by atoms with Crippen molar-refractivity contribution in [2.75, 3.05) is 18.0 Å². The van der Waals surface area contributed by atoms with Crippen molar-refractivity contribution in [3.8, 4) is 11.8 Å². The maximum atomic E-state index is 14.0. The minimum absolute atomic E-state index is 0.0211. The highest BCUT2D eigenvalue weighted by atomic mass is 16.4. The highest BCUT2D eigenvalue weighted by Gasteiger charge is 2.27. The summed E-state index contributed by atoms with van der Waals surface area (Å²) in [7, 11) is 0. The van der Waals surface area contributed by atoms with Crippen molar-refractivity contribution in [3.63, 3.8) is 0 Å². The Morgan fingerprint density at radius 3 is 2.71 bits per heavy atom. The van der Waals surface area contributed by atoms with Crippen LogP contribution in [0.4, 0.5) is 5.95 Å². The minimum atomic E-state index is -1.22. The van der Waals surface area contributed by atoms with Crippen LogP contribution in [0.15, 0.2) is 39.9 Å². The summed E-state index contributed by atoms with van der Waals surface area (Å²) in [6.07, 6.45) is 1.72. The number of fused-ring (bicyclic) bond motifs is 2. The highest BCUT2D eigenvalue weighted by Crippen LogP contribution is 2.24. The van der Waals surface area contributed by atoms with Crippen molar-refractivity contribution < 1.29 is 9.90 Å². The van der Waals surface area contributed by atoms with Crippen molar-refractivity contribution in [1.29, 1.82) is 0 Å². The Balaban J connectivity index is 1.79. The highest BCUT2D eigenvalue weighted by molar-refractivity contribution is 5.85. The van der Waals surface area contributed by atoms with Crippen LogP contribution in [0.3, 0.4) is 0 Å². The molecule has 1 atom stereocenters. The Bertz CT molecular complexity index is 1740. The normalized spacial score (nSPS) is 15.6. The molecule has 1 aliphatic rings. The van der Waals surface area contributed by atoms with Gasteiger partial charge in [0.15, 0.2) is 11.2 Å². The molecule has 1 unspecified atom stereocenters. The average molecular weight is 516 g/mol. The number of nitrogens with zero attached hydrogens (tertiary/aromatic N) is 6. The largest absolute Gasteiger partial charge is 0.480 e. The van der Waals surface area contributed by atoms with Crippen LogP contribution in [0, 0.1) is 18.8 Å². The van der Waals surface area contributed by atoms with Crippen molar-refractivity contribution in [2.45, 2.75) is 52.4 Å². The first-order valence-corrected chi connectivity index (χ1v) is 12.5. The van der Waals surface area contributed by atoms with Gasteiger partial charge in [-0.25, -0.2) is 4.79 Å². The summed E-state index contributed by atoms with van der Waals surface area (Å²) in [5, 5.41) is 11.4. The van der Waals surface area contributed by atoms with Crippen molar-refractivity contribution in [2.24, 2.45) is 5.73 Å². The molecule has 196 valence electrons. The second kappa shape index (κ2) is 10.1. The quantitative estimate of drug-likeness (QED) is 0.366. The molecule has 0 amide bonds. The molecule has 1 aliphatic heterocycles. The Hall–Kier alpha value is -4.43.